The van der Waals surface area contributed by atoms with Crippen LogP contribution in [0.15, 0.2) is 4.52 Å². The Hall–Kier alpha value is -0.980. The molecule has 4 aliphatic rings. The smallest absolute Gasteiger partial charge is 0.229 e. The van der Waals surface area contributed by atoms with Crippen molar-refractivity contribution in [3.63, 3.8) is 0 Å². The Kier molecular flexibility index (Phi) is 3.05. The molecule has 6 nitrogen and oxygen atoms in total. The lowest BCUT2D eigenvalue weighted by atomic mass is 9.77. The van der Waals surface area contributed by atoms with Crippen LogP contribution in [-0.2, 0) is 11.2 Å². The van der Waals surface area contributed by atoms with Crippen molar-refractivity contribution in [3.8, 4) is 0 Å². The second-order valence-corrected chi connectivity index (χ2v) is 6.32. The van der Waals surface area contributed by atoms with Gasteiger partial charge in [-0.1, -0.05) is 5.16 Å². The molecule has 5 rings (SSSR count). The van der Waals surface area contributed by atoms with Gasteiger partial charge in [0.1, 0.15) is 0 Å². The highest BCUT2D eigenvalue weighted by molar-refractivity contribution is 5.04. The van der Waals surface area contributed by atoms with E-state index in [0.717, 1.165) is 50.6 Å². The summed E-state index contributed by atoms with van der Waals surface area (Å²) < 4.78 is 11.1. The summed E-state index contributed by atoms with van der Waals surface area (Å²) in [5.41, 5.74) is -0.0425. The summed E-state index contributed by atoms with van der Waals surface area (Å²) in [5.74, 6) is 1.59. The maximum atomic E-state index is 5.64. The van der Waals surface area contributed by atoms with E-state index >= 15 is 0 Å². The largest absolute Gasteiger partial charge is 0.378 e. The summed E-state index contributed by atoms with van der Waals surface area (Å²) >= 11 is 0. The maximum Gasteiger partial charge on any atom is 0.229 e. The van der Waals surface area contributed by atoms with Gasteiger partial charge >= 0.3 is 0 Å². The van der Waals surface area contributed by atoms with Crippen molar-refractivity contribution in [2.45, 2.75) is 37.3 Å². The van der Waals surface area contributed by atoms with E-state index in [2.05, 4.69) is 19.9 Å². The summed E-state index contributed by atoms with van der Waals surface area (Å²) in [6.45, 7) is 5.63. The number of rotatable bonds is 4. The molecule has 2 bridgehead atoms. The molecule has 3 saturated heterocycles. The van der Waals surface area contributed by atoms with E-state index in [9.17, 15) is 0 Å². The fourth-order valence-electron chi connectivity index (χ4n) is 3.64. The lowest BCUT2D eigenvalue weighted by Gasteiger charge is -2.46. The Labute approximate surface area is 119 Å². The number of hydrogen-bond acceptors (Lipinski definition) is 6. The molecule has 0 unspecified atom stereocenters. The molecule has 6 heteroatoms. The third kappa shape index (κ3) is 2.06. The lowest BCUT2D eigenvalue weighted by molar-refractivity contribution is -0.0751. The Morgan fingerprint density at radius 1 is 1.30 bits per heavy atom. The minimum Gasteiger partial charge on any atom is -0.378 e. The molecule has 0 radical (unpaired) electrons. The van der Waals surface area contributed by atoms with Crippen LogP contribution in [0.3, 0.4) is 0 Å². The van der Waals surface area contributed by atoms with Crippen LogP contribution in [0.2, 0.25) is 0 Å². The number of ether oxygens (including phenoxy) is 1. The van der Waals surface area contributed by atoms with Gasteiger partial charge in [-0.05, 0) is 19.3 Å². The van der Waals surface area contributed by atoms with Crippen molar-refractivity contribution in [1.29, 1.82) is 0 Å². The Bertz CT molecular complexity index is 472. The predicted molar refractivity (Wildman–Crippen MR) is 72.3 cm³/mol. The Morgan fingerprint density at radius 2 is 2.10 bits per heavy atom. The van der Waals surface area contributed by atoms with E-state index in [-0.39, 0.29) is 5.60 Å². The number of methoxy groups -OCH3 is 1. The molecule has 0 N–H and O–H groups in total. The number of fused-ring (bicyclic) bond motifs is 3. The molecule has 1 aliphatic carbocycles. The molecule has 0 amide bonds. The SMILES string of the molecule is COC1(Cc2nc([C@@H]3CN4CCN3CC4)no2)CCC1. The third-order valence-corrected chi connectivity index (χ3v) is 5.23. The van der Waals surface area contributed by atoms with E-state index in [1.807, 2.05) is 0 Å². The van der Waals surface area contributed by atoms with Crippen molar-refractivity contribution >= 4 is 0 Å². The van der Waals surface area contributed by atoms with Gasteiger partial charge in [-0.2, -0.15) is 4.98 Å². The van der Waals surface area contributed by atoms with Crippen molar-refractivity contribution in [2.75, 3.05) is 39.8 Å². The van der Waals surface area contributed by atoms with Crippen molar-refractivity contribution in [1.82, 2.24) is 19.9 Å². The Balaban J connectivity index is 1.48. The van der Waals surface area contributed by atoms with E-state index < -0.39 is 0 Å². The molecule has 0 spiro atoms. The zero-order valence-corrected chi connectivity index (χ0v) is 12.0. The van der Waals surface area contributed by atoms with Crippen LogP contribution >= 0.6 is 0 Å². The molecular formula is C14H22N4O2. The number of nitrogens with zero attached hydrogens (tertiary/aromatic N) is 4. The zero-order valence-electron chi connectivity index (χ0n) is 12.0. The average Bonchev–Trinajstić information content (AvgIpc) is 2.92. The van der Waals surface area contributed by atoms with E-state index in [0.29, 0.717) is 6.04 Å². The highest BCUT2D eigenvalue weighted by Crippen LogP contribution is 2.38. The predicted octanol–water partition coefficient (Wildman–Crippen LogP) is 0.853. The van der Waals surface area contributed by atoms with Crippen LogP contribution in [0.1, 0.15) is 37.0 Å². The average molecular weight is 278 g/mol. The Morgan fingerprint density at radius 3 is 2.65 bits per heavy atom. The van der Waals surface area contributed by atoms with E-state index in [1.54, 1.807) is 7.11 Å². The topological polar surface area (TPSA) is 54.6 Å². The van der Waals surface area contributed by atoms with Crippen molar-refractivity contribution in [3.05, 3.63) is 11.7 Å². The maximum absolute atomic E-state index is 5.64. The molecule has 110 valence electrons. The molecule has 1 aromatic heterocycles. The number of aromatic nitrogens is 2. The van der Waals surface area contributed by atoms with Gasteiger partial charge in [0.2, 0.25) is 5.89 Å². The summed E-state index contributed by atoms with van der Waals surface area (Å²) in [5, 5.41) is 4.23. The molecular weight excluding hydrogens is 256 g/mol. The first-order valence-electron chi connectivity index (χ1n) is 7.62. The van der Waals surface area contributed by atoms with Crippen LogP contribution in [0.5, 0.6) is 0 Å². The molecule has 20 heavy (non-hydrogen) atoms. The normalized spacial score (nSPS) is 35.0. The number of piperazine rings is 3. The van der Waals surface area contributed by atoms with Gasteiger partial charge in [-0.3, -0.25) is 9.80 Å². The molecule has 1 atom stereocenters. The first-order valence-corrected chi connectivity index (χ1v) is 7.62. The van der Waals surface area contributed by atoms with Crippen molar-refractivity contribution in [2.24, 2.45) is 0 Å². The summed E-state index contributed by atoms with van der Waals surface area (Å²) in [4.78, 5) is 9.61. The second-order valence-electron chi connectivity index (χ2n) is 6.32. The minimum atomic E-state index is -0.0425. The lowest BCUT2D eigenvalue weighted by Crippen LogP contribution is -2.57. The monoisotopic (exact) mass is 278 g/mol. The van der Waals surface area contributed by atoms with Gasteiger partial charge in [-0.25, -0.2) is 0 Å². The highest BCUT2D eigenvalue weighted by Gasteiger charge is 2.40. The van der Waals surface area contributed by atoms with E-state index in [4.69, 9.17) is 9.26 Å². The molecule has 4 fully saturated rings. The number of hydrogen-bond donors (Lipinski definition) is 0. The molecule has 4 heterocycles. The molecule has 0 aromatic carbocycles. The molecule has 1 saturated carbocycles. The molecule has 3 aliphatic heterocycles. The van der Waals surface area contributed by atoms with Crippen LogP contribution in [0.25, 0.3) is 0 Å². The summed E-state index contributed by atoms with van der Waals surface area (Å²) in [6.07, 6.45) is 4.20. The fourth-order valence-corrected chi connectivity index (χ4v) is 3.64. The summed E-state index contributed by atoms with van der Waals surface area (Å²) in [6, 6.07) is 0.315. The van der Waals surface area contributed by atoms with Gasteiger partial charge in [0, 0.05) is 39.8 Å². The minimum absolute atomic E-state index is 0.0425. The quantitative estimate of drug-likeness (QED) is 0.814. The van der Waals surface area contributed by atoms with Crippen LogP contribution in [-0.4, -0.2) is 65.4 Å². The van der Waals surface area contributed by atoms with Crippen LogP contribution in [0.4, 0.5) is 0 Å². The molecule has 1 aromatic rings. The van der Waals surface area contributed by atoms with Gasteiger partial charge in [0.25, 0.3) is 0 Å². The first kappa shape index (κ1) is 12.7. The first-order chi connectivity index (χ1) is 9.78. The standard InChI is InChI=1S/C14H22N4O2/c1-19-14(3-2-4-14)9-12-15-13(16-20-12)11-10-17-5-7-18(11)8-6-17/h11H,2-10H2,1H3/t11-/m0/s1. The van der Waals surface area contributed by atoms with Gasteiger partial charge in [0.05, 0.1) is 18.1 Å². The highest BCUT2D eigenvalue weighted by atomic mass is 16.5. The fraction of sp³-hybridized carbons (Fsp3) is 0.857. The third-order valence-electron chi connectivity index (χ3n) is 5.23. The van der Waals surface area contributed by atoms with Crippen LogP contribution < -0.4 is 0 Å². The van der Waals surface area contributed by atoms with E-state index in [1.165, 1.54) is 19.5 Å². The van der Waals surface area contributed by atoms with Gasteiger partial charge in [-0.15, -0.1) is 0 Å². The van der Waals surface area contributed by atoms with Crippen LogP contribution in [0, 0.1) is 0 Å². The second kappa shape index (κ2) is 4.79. The zero-order chi connectivity index (χ0) is 13.6. The van der Waals surface area contributed by atoms with Crippen molar-refractivity contribution < 1.29 is 9.26 Å². The van der Waals surface area contributed by atoms with Gasteiger partial charge < -0.3 is 9.26 Å². The van der Waals surface area contributed by atoms with Gasteiger partial charge in [0.15, 0.2) is 5.82 Å². The summed E-state index contributed by atoms with van der Waals surface area (Å²) in [7, 11) is 1.79.